The van der Waals surface area contributed by atoms with Gasteiger partial charge in [0, 0.05) is 4.88 Å². The first-order valence-electron chi connectivity index (χ1n) is 4.50. The van der Waals surface area contributed by atoms with Gasteiger partial charge in [-0.3, -0.25) is 4.79 Å². The lowest BCUT2D eigenvalue weighted by Gasteiger charge is -2.09. The summed E-state index contributed by atoms with van der Waals surface area (Å²) >= 11 is 7.08. The zero-order valence-electron chi connectivity index (χ0n) is 8.49. The molecule has 0 radical (unpaired) electrons. The Morgan fingerprint density at radius 3 is 2.75 bits per heavy atom. The Morgan fingerprint density at radius 2 is 2.25 bits per heavy atom. The number of hydrogen-bond acceptors (Lipinski definition) is 3. The molecule has 1 rings (SSSR count). The van der Waals surface area contributed by atoms with Gasteiger partial charge in [-0.25, -0.2) is 4.79 Å². The van der Waals surface area contributed by atoms with Crippen LogP contribution in [0.1, 0.15) is 11.8 Å². The van der Waals surface area contributed by atoms with E-state index in [-0.39, 0.29) is 0 Å². The molecule has 0 bridgehead atoms. The average molecular weight is 263 g/mol. The minimum atomic E-state index is -1.07. The fourth-order valence-corrected chi connectivity index (χ4v) is 1.95. The monoisotopic (exact) mass is 262 g/mol. The van der Waals surface area contributed by atoms with Gasteiger partial charge in [0.2, 0.25) is 0 Å². The summed E-state index contributed by atoms with van der Waals surface area (Å²) in [7, 11) is 0. The third-order valence-corrected chi connectivity index (χ3v) is 3.00. The Kier molecular flexibility index (Phi) is 4.57. The van der Waals surface area contributed by atoms with Crippen LogP contribution < -0.4 is 10.6 Å². The Hall–Kier alpha value is -1.27. The SMILES string of the molecule is C[C@@H](NC(=O)NCc1ccc(Cl)s1)C(=O)O. The van der Waals surface area contributed by atoms with Crippen molar-refractivity contribution in [1.29, 1.82) is 0 Å². The molecule has 1 heterocycles. The van der Waals surface area contributed by atoms with Crippen LogP contribution in [0.25, 0.3) is 0 Å². The topological polar surface area (TPSA) is 78.4 Å². The van der Waals surface area contributed by atoms with Crippen molar-refractivity contribution < 1.29 is 14.7 Å². The van der Waals surface area contributed by atoms with Gasteiger partial charge >= 0.3 is 12.0 Å². The summed E-state index contributed by atoms with van der Waals surface area (Å²) in [4.78, 5) is 22.6. The Balaban J connectivity index is 2.33. The van der Waals surface area contributed by atoms with Gasteiger partial charge in [-0.15, -0.1) is 11.3 Å². The first kappa shape index (κ1) is 12.8. The van der Waals surface area contributed by atoms with E-state index in [1.807, 2.05) is 0 Å². The molecule has 0 saturated heterocycles. The van der Waals surface area contributed by atoms with Crippen LogP contribution in [0, 0.1) is 0 Å². The smallest absolute Gasteiger partial charge is 0.325 e. The number of urea groups is 1. The number of aliphatic carboxylic acids is 1. The molecule has 16 heavy (non-hydrogen) atoms. The molecular weight excluding hydrogens is 252 g/mol. The Labute approximate surface area is 101 Å². The van der Waals surface area contributed by atoms with Crippen LogP contribution in [0.3, 0.4) is 0 Å². The number of nitrogens with one attached hydrogen (secondary N) is 2. The number of rotatable bonds is 4. The molecule has 1 atom stereocenters. The molecule has 88 valence electrons. The molecule has 0 aliphatic heterocycles. The summed E-state index contributed by atoms with van der Waals surface area (Å²) < 4.78 is 0.649. The number of halogens is 1. The molecular formula is C9H11ClN2O3S. The second-order valence-electron chi connectivity index (χ2n) is 3.09. The summed E-state index contributed by atoms with van der Waals surface area (Å²) in [6.07, 6.45) is 0. The molecule has 0 aliphatic rings. The van der Waals surface area contributed by atoms with Crippen LogP contribution >= 0.6 is 22.9 Å². The molecule has 1 aromatic rings. The van der Waals surface area contributed by atoms with Crippen molar-refractivity contribution in [3.8, 4) is 0 Å². The van der Waals surface area contributed by atoms with Gasteiger partial charge in [0.05, 0.1) is 10.9 Å². The number of carbonyl (C=O) groups excluding carboxylic acids is 1. The number of hydrogen-bond donors (Lipinski definition) is 3. The van der Waals surface area contributed by atoms with Crippen molar-refractivity contribution in [3.05, 3.63) is 21.3 Å². The highest BCUT2D eigenvalue weighted by Gasteiger charge is 2.13. The summed E-state index contributed by atoms with van der Waals surface area (Å²) in [5.41, 5.74) is 0. The van der Waals surface area contributed by atoms with Crippen LogP contribution in [0.5, 0.6) is 0 Å². The highest BCUT2D eigenvalue weighted by Crippen LogP contribution is 2.20. The lowest BCUT2D eigenvalue weighted by molar-refractivity contribution is -0.138. The molecule has 0 saturated carbocycles. The minimum Gasteiger partial charge on any atom is -0.480 e. The van der Waals surface area contributed by atoms with E-state index in [2.05, 4.69) is 10.6 Å². The van der Waals surface area contributed by atoms with E-state index in [9.17, 15) is 9.59 Å². The molecule has 2 amide bonds. The van der Waals surface area contributed by atoms with Crippen LogP contribution in [0.15, 0.2) is 12.1 Å². The molecule has 1 aromatic heterocycles. The first-order valence-corrected chi connectivity index (χ1v) is 5.70. The van der Waals surface area contributed by atoms with Crippen molar-refractivity contribution in [2.24, 2.45) is 0 Å². The molecule has 3 N–H and O–H groups in total. The number of carbonyl (C=O) groups is 2. The molecule has 0 fully saturated rings. The van der Waals surface area contributed by atoms with Gasteiger partial charge in [0.15, 0.2) is 0 Å². The van der Waals surface area contributed by atoms with E-state index < -0.39 is 18.0 Å². The Bertz CT molecular complexity index is 394. The molecule has 0 aliphatic carbocycles. The van der Waals surface area contributed by atoms with Crippen molar-refractivity contribution in [1.82, 2.24) is 10.6 Å². The summed E-state index contributed by atoms with van der Waals surface area (Å²) in [5, 5.41) is 13.4. The molecule has 0 spiro atoms. The molecule has 5 nitrogen and oxygen atoms in total. The standard InChI is InChI=1S/C9H11ClN2O3S/c1-5(8(13)14)12-9(15)11-4-6-2-3-7(10)16-6/h2-3,5H,4H2,1H3,(H,13,14)(H2,11,12,15)/t5-/m1/s1. The van der Waals surface area contributed by atoms with Crippen LogP contribution in [-0.2, 0) is 11.3 Å². The van der Waals surface area contributed by atoms with Gasteiger partial charge in [0.25, 0.3) is 0 Å². The zero-order chi connectivity index (χ0) is 12.1. The maximum atomic E-state index is 11.2. The van der Waals surface area contributed by atoms with Crippen LogP contribution in [0.4, 0.5) is 4.79 Å². The van der Waals surface area contributed by atoms with Crippen molar-refractivity contribution in [2.75, 3.05) is 0 Å². The van der Waals surface area contributed by atoms with Gasteiger partial charge in [-0.05, 0) is 19.1 Å². The molecule has 0 unspecified atom stereocenters. The van der Waals surface area contributed by atoms with E-state index in [1.54, 1.807) is 12.1 Å². The van der Waals surface area contributed by atoms with Gasteiger partial charge in [0.1, 0.15) is 6.04 Å². The summed E-state index contributed by atoms with van der Waals surface area (Å²) in [6, 6.07) is 2.11. The zero-order valence-corrected chi connectivity index (χ0v) is 10.1. The van der Waals surface area contributed by atoms with E-state index in [0.29, 0.717) is 10.9 Å². The van der Waals surface area contributed by atoms with Crippen molar-refractivity contribution >= 4 is 34.9 Å². The lowest BCUT2D eigenvalue weighted by atomic mass is 10.3. The molecule has 0 aromatic carbocycles. The number of thiophene rings is 1. The van der Waals surface area contributed by atoms with E-state index in [1.165, 1.54) is 18.3 Å². The fourth-order valence-electron chi connectivity index (χ4n) is 0.924. The maximum Gasteiger partial charge on any atom is 0.325 e. The number of amides is 2. The highest BCUT2D eigenvalue weighted by molar-refractivity contribution is 7.16. The van der Waals surface area contributed by atoms with Crippen molar-refractivity contribution in [2.45, 2.75) is 19.5 Å². The largest absolute Gasteiger partial charge is 0.480 e. The van der Waals surface area contributed by atoms with E-state index in [0.717, 1.165) is 4.88 Å². The van der Waals surface area contributed by atoms with E-state index >= 15 is 0 Å². The summed E-state index contributed by atoms with van der Waals surface area (Å²) in [6.45, 7) is 1.72. The van der Waals surface area contributed by atoms with Crippen LogP contribution in [-0.4, -0.2) is 23.1 Å². The van der Waals surface area contributed by atoms with Gasteiger partial charge in [-0.2, -0.15) is 0 Å². The van der Waals surface area contributed by atoms with Gasteiger partial charge in [-0.1, -0.05) is 11.6 Å². The number of carboxylic acid groups (broad SMARTS) is 1. The van der Waals surface area contributed by atoms with E-state index in [4.69, 9.17) is 16.7 Å². The van der Waals surface area contributed by atoms with Crippen molar-refractivity contribution in [3.63, 3.8) is 0 Å². The van der Waals surface area contributed by atoms with Gasteiger partial charge < -0.3 is 15.7 Å². The average Bonchev–Trinajstić information content (AvgIpc) is 2.61. The quantitative estimate of drug-likeness (QED) is 0.772. The summed E-state index contributed by atoms with van der Waals surface area (Å²) in [5.74, 6) is -1.07. The maximum absolute atomic E-state index is 11.2. The second-order valence-corrected chi connectivity index (χ2v) is 4.89. The third-order valence-electron chi connectivity index (χ3n) is 1.77. The first-order chi connectivity index (χ1) is 7.49. The third kappa shape index (κ3) is 4.08. The predicted octanol–water partition coefficient (Wildman–Crippen LogP) is 1.67. The lowest BCUT2D eigenvalue weighted by Crippen LogP contribution is -2.43. The Morgan fingerprint density at radius 1 is 1.56 bits per heavy atom. The highest BCUT2D eigenvalue weighted by atomic mass is 35.5. The minimum absolute atomic E-state index is 0.329. The molecule has 7 heteroatoms. The normalized spacial score (nSPS) is 11.9. The van der Waals surface area contributed by atoms with Crippen LogP contribution in [0.2, 0.25) is 4.34 Å². The predicted molar refractivity (Wildman–Crippen MR) is 61.8 cm³/mol. The number of carboxylic acids is 1. The fraction of sp³-hybridized carbons (Fsp3) is 0.333. The second kappa shape index (κ2) is 5.72.